The number of carbonyl (C=O) groups is 4. The molecular weight excluding hydrogens is 562 g/mol. The van der Waals surface area contributed by atoms with Gasteiger partial charge in [-0.3, -0.25) is 19.2 Å². The van der Waals surface area contributed by atoms with Crippen molar-refractivity contribution in [2.24, 2.45) is 17.8 Å². The van der Waals surface area contributed by atoms with Crippen molar-refractivity contribution in [2.75, 3.05) is 24.6 Å². The number of hydrogen-bond acceptors (Lipinski definition) is 7. The number of rotatable bonds is 5. The fraction of sp³-hybridized carbons (Fsp3) is 0.548. The van der Waals surface area contributed by atoms with Gasteiger partial charge in [-0.05, 0) is 37.8 Å². The summed E-state index contributed by atoms with van der Waals surface area (Å²) in [6.07, 6.45) is 6.56. The van der Waals surface area contributed by atoms with Crippen LogP contribution in [0.15, 0.2) is 48.6 Å². The molecule has 2 saturated heterocycles. The van der Waals surface area contributed by atoms with E-state index in [1.54, 1.807) is 55.5 Å². The lowest BCUT2D eigenvalue weighted by atomic mass is 9.78. The maximum atomic E-state index is 14.6. The van der Waals surface area contributed by atoms with Gasteiger partial charge in [0.05, 0.1) is 41.9 Å². The summed E-state index contributed by atoms with van der Waals surface area (Å²) in [5.41, 5.74) is -1.01. The third-order valence-corrected chi connectivity index (χ3v) is 8.78. The van der Waals surface area contributed by atoms with E-state index in [4.69, 9.17) is 21.1 Å². The number of amides is 3. The van der Waals surface area contributed by atoms with Gasteiger partial charge in [-0.2, -0.15) is 0 Å². The number of para-hydroxylation sites is 1. The number of cyclic esters (lactones) is 1. The van der Waals surface area contributed by atoms with Crippen LogP contribution in [0.4, 0.5) is 5.69 Å². The number of hydrogen-bond donors (Lipinski definition) is 2. The number of esters is 1. The Hall–Kier alpha value is -3.21. The van der Waals surface area contributed by atoms with Crippen LogP contribution in [-0.4, -0.2) is 83.3 Å². The standard InChI is InChI=1S/C31H38ClN3O7/c1-18(2)15-20(17-36)35-27-29(39)34(22-10-5-4-9-21(22)32)14-8-13-31(27)26(28(35)38)25-23(42-31)11-6-7-12-24(37)33-16-19(3)41-30(25)40/h4-6,8-11,13,18-20,23,25-27,36H,7,12,14-17H2,1-3H3,(H,33,37)/b11-6-/t19-,20-,23-,25+,26+,27-,31+/m1/s1. The molecule has 7 atom stereocenters. The lowest BCUT2D eigenvalue weighted by Gasteiger charge is -2.39. The van der Waals surface area contributed by atoms with Crippen LogP contribution >= 0.6 is 11.6 Å². The zero-order valence-corrected chi connectivity index (χ0v) is 24.8. The smallest absolute Gasteiger partial charge is 0.313 e. The van der Waals surface area contributed by atoms with Crippen molar-refractivity contribution < 1.29 is 33.8 Å². The van der Waals surface area contributed by atoms with Crippen LogP contribution in [-0.2, 0) is 28.7 Å². The average Bonchev–Trinajstić information content (AvgIpc) is 3.34. The third-order valence-electron chi connectivity index (χ3n) is 8.46. The zero-order chi connectivity index (χ0) is 30.2. The molecule has 1 aromatic rings. The number of aliphatic hydroxyl groups is 1. The Kier molecular flexibility index (Phi) is 8.78. The van der Waals surface area contributed by atoms with Crippen molar-refractivity contribution in [2.45, 2.75) is 69.9 Å². The molecule has 11 heteroatoms. The largest absolute Gasteiger partial charge is 0.460 e. The third kappa shape index (κ3) is 5.36. The Balaban J connectivity index is 1.64. The number of nitrogens with zero attached hydrogens (tertiary/aromatic N) is 2. The molecule has 10 nitrogen and oxygen atoms in total. The van der Waals surface area contributed by atoms with Crippen molar-refractivity contribution in [3.8, 4) is 0 Å². The SMILES string of the molecule is CC(C)C[C@H](CO)N1C(=O)[C@@H]2[C@H]3C(=O)O[C@H](C)CNC(=O)CC/C=C\[C@H]3O[C@@]23C=CCN(c2ccccc2Cl)C(=O)[C@@H]13. The minimum Gasteiger partial charge on any atom is -0.460 e. The fourth-order valence-electron chi connectivity index (χ4n) is 6.70. The zero-order valence-electron chi connectivity index (χ0n) is 24.1. The summed E-state index contributed by atoms with van der Waals surface area (Å²) in [7, 11) is 0. The molecule has 0 saturated carbocycles. The molecule has 4 aliphatic heterocycles. The van der Waals surface area contributed by atoms with E-state index >= 15 is 0 Å². The molecule has 0 radical (unpaired) electrons. The predicted octanol–water partition coefficient (Wildman–Crippen LogP) is 2.63. The number of nitrogens with one attached hydrogen (secondary N) is 1. The number of allylic oxidation sites excluding steroid dienone is 1. The number of benzene rings is 1. The first-order valence-electron chi connectivity index (χ1n) is 14.6. The Labute approximate surface area is 250 Å². The van der Waals surface area contributed by atoms with E-state index in [2.05, 4.69) is 5.32 Å². The Morgan fingerprint density at radius 1 is 1.14 bits per heavy atom. The minimum absolute atomic E-state index is 0.112. The molecule has 4 aliphatic rings. The van der Waals surface area contributed by atoms with E-state index in [9.17, 15) is 24.3 Å². The highest BCUT2D eigenvalue weighted by molar-refractivity contribution is 6.34. The molecular formula is C31H38ClN3O7. The number of anilines is 1. The molecule has 5 rings (SSSR count). The van der Waals surface area contributed by atoms with Gasteiger partial charge < -0.3 is 29.7 Å². The second-order valence-corrected chi connectivity index (χ2v) is 12.3. The van der Waals surface area contributed by atoms with E-state index in [-0.39, 0.29) is 37.9 Å². The average molecular weight is 600 g/mol. The second-order valence-electron chi connectivity index (χ2n) is 11.9. The first-order valence-corrected chi connectivity index (χ1v) is 14.9. The lowest BCUT2D eigenvalue weighted by Crippen LogP contribution is -2.58. The Morgan fingerprint density at radius 3 is 2.62 bits per heavy atom. The summed E-state index contributed by atoms with van der Waals surface area (Å²) in [5, 5.41) is 13.6. The number of likely N-dealkylation sites (tertiary alicyclic amines) is 1. The summed E-state index contributed by atoms with van der Waals surface area (Å²) in [4.78, 5) is 58.0. The molecule has 0 aromatic heterocycles. The number of ether oxygens (including phenoxy) is 2. The van der Waals surface area contributed by atoms with Gasteiger partial charge in [0.1, 0.15) is 23.7 Å². The second kappa shape index (κ2) is 12.2. The van der Waals surface area contributed by atoms with Crippen LogP contribution in [0.3, 0.4) is 0 Å². The van der Waals surface area contributed by atoms with E-state index in [1.807, 2.05) is 13.8 Å². The predicted molar refractivity (Wildman–Crippen MR) is 155 cm³/mol. The first-order chi connectivity index (χ1) is 20.1. The van der Waals surface area contributed by atoms with Crippen molar-refractivity contribution in [1.29, 1.82) is 0 Å². The van der Waals surface area contributed by atoms with Crippen molar-refractivity contribution in [3.63, 3.8) is 0 Å². The Morgan fingerprint density at radius 2 is 1.90 bits per heavy atom. The fourth-order valence-corrected chi connectivity index (χ4v) is 6.94. The number of fused-ring (bicyclic) bond motifs is 2. The quantitative estimate of drug-likeness (QED) is 0.394. The van der Waals surface area contributed by atoms with Gasteiger partial charge in [-0.1, -0.05) is 61.9 Å². The molecule has 4 heterocycles. The van der Waals surface area contributed by atoms with Crippen LogP contribution in [0.5, 0.6) is 0 Å². The summed E-state index contributed by atoms with van der Waals surface area (Å²) < 4.78 is 12.4. The van der Waals surface area contributed by atoms with Gasteiger partial charge in [0.15, 0.2) is 0 Å². The summed E-state index contributed by atoms with van der Waals surface area (Å²) in [5.74, 6) is -3.65. The molecule has 0 aliphatic carbocycles. The van der Waals surface area contributed by atoms with Gasteiger partial charge in [-0.15, -0.1) is 0 Å². The van der Waals surface area contributed by atoms with E-state index < -0.39 is 59.5 Å². The van der Waals surface area contributed by atoms with Crippen molar-refractivity contribution in [3.05, 3.63) is 53.6 Å². The van der Waals surface area contributed by atoms with E-state index in [0.29, 0.717) is 23.6 Å². The molecule has 0 bridgehead atoms. The van der Waals surface area contributed by atoms with Crippen molar-refractivity contribution >= 4 is 41.0 Å². The summed E-state index contributed by atoms with van der Waals surface area (Å²) in [6.45, 7) is 5.58. The van der Waals surface area contributed by atoms with E-state index in [0.717, 1.165) is 0 Å². The van der Waals surface area contributed by atoms with Gasteiger partial charge in [-0.25, -0.2) is 0 Å². The van der Waals surface area contributed by atoms with Gasteiger partial charge in [0, 0.05) is 13.0 Å². The van der Waals surface area contributed by atoms with Gasteiger partial charge >= 0.3 is 5.97 Å². The van der Waals surface area contributed by atoms with Crippen LogP contribution in [0.25, 0.3) is 0 Å². The molecule has 226 valence electrons. The van der Waals surface area contributed by atoms with Gasteiger partial charge in [0.2, 0.25) is 11.8 Å². The number of aliphatic hydroxyl groups excluding tert-OH is 1. The lowest BCUT2D eigenvalue weighted by molar-refractivity contribution is -0.159. The topological polar surface area (TPSA) is 125 Å². The molecule has 1 spiro atoms. The van der Waals surface area contributed by atoms with Gasteiger partial charge in [0.25, 0.3) is 5.91 Å². The Bertz CT molecular complexity index is 1300. The highest BCUT2D eigenvalue weighted by Crippen LogP contribution is 2.54. The molecule has 3 amide bonds. The molecule has 1 aromatic carbocycles. The van der Waals surface area contributed by atoms with Crippen LogP contribution in [0.2, 0.25) is 5.02 Å². The minimum atomic E-state index is -1.50. The molecule has 2 fully saturated rings. The molecule has 42 heavy (non-hydrogen) atoms. The van der Waals surface area contributed by atoms with E-state index in [1.165, 1.54) is 9.80 Å². The normalized spacial score (nSPS) is 33.1. The monoisotopic (exact) mass is 599 g/mol. The number of halogens is 1. The molecule has 2 N–H and O–H groups in total. The highest BCUT2D eigenvalue weighted by Gasteiger charge is 2.72. The maximum absolute atomic E-state index is 14.6. The summed E-state index contributed by atoms with van der Waals surface area (Å²) in [6, 6.07) is 5.14. The van der Waals surface area contributed by atoms with Crippen molar-refractivity contribution in [1.82, 2.24) is 10.2 Å². The molecule has 0 unspecified atom stereocenters. The number of carbonyl (C=O) groups excluding carboxylic acids is 4. The van der Waals surface area contributed by atoms with Crippen LogP contribution in [0, 0.1) is 17.8 Å². The van der Waals surface area contributed by atoms with Crippen LogP contribution < -0.4 is 10.2 Å². The highest BCUT2D eigenvalue weighted by atomic mass is 35.5. The summed E-state index contributed by atoms with van der Waals surface area (Å²) >= 11 is 6.52. The first kappa shape index (κ1) is 30.3. The van der Waals surface area contributed by atoms with Crippen LogP contribution in [0.1, 0.15) is 40.0 Å². The maximum Gasteiger partial charge on any atom is 0.313 e.